The van der Waals surface area contributed by atoms with Crippen LogP contribution in [-0.4, -0.2) is 15.2 Å². The number of nitrogens with one attached hydrogen (secondary N) is 1. The molecule has 1 heterocycles. The van der Waals surface area contributed by atoms with Crippen LogP contribution in [0, 0.1) is 11.6 Å². The molecule has 0 spiro atoms. The van der Waals surface area contributed by atoms with Crippen molar-refractivity contribution in [3.05, 3.63) is 20.6 Å². The van der Waals surface area contributed by atoms with E-state index in [-0.39, 0.29) is 0 Å². The number of hydrogen-bond donors (Lipinski definition) is 1. The number of hydrogen-bond acceptors (Lipinski definition) is 3. The van der Waals surface area contributed by atoms with E-state index in [4.69, 9.17) is 12.2 Å². The smallest absolute Gasteiger partial charge is 0.144 e. The van der Waals surface area contributed by atoms with Gasteiger partial charge >= 0.3 is 0 Å². The summed E-state index contributed by atoms with van der Waals surface area (Å²) in [5.74, 6) is 1.95. The van der Waals surface area contributed by atoms with Gasteiger partial charge in [-0.3, -0.25) is 0 Å². The van der Waals surface area contributed by atoms with Gasteiger partial charge in [0, 0.05) is 10.9 Å². The third-order valence-corrected chi connectivity index (χ3v) is 6.00. The first-order valence-corrected chi connectivity index (χ1v) is 8.28. The number of H-pyrrole nitrogens is 1. The van der Waals surface area contributed by atoms with Crippen molar-refractivity contribution in [2.45, 2.75) is 50.0 Å². The molecule has 2 rings (SSSR count). The second-order valence-electron chi connectivity index (χ2n) is 4.50. The summed E-state index contributed by atoms with van der Waals surface area (Å²) in [4.78, 5) is 7.72. The Bertz CT molecular complexity index is 439. The average molecular weight is 333 g/mol. The Morgan fingerprint density at radius 2 is 2.12 bits per heavy atom. The molecule has 1 fully saturated rings. The van der Waals surface area contributed by atoms with Crippen molar-refractivity contribution >= 4 is 39.9 Å². The normalized spacial score (nSPS) is 17.3. The van der Waals surface area contributed by atoms with E-state index in [1.807, 2.05) is 18.7 Å². The van der Waals surface area contributed by atoms with Crippen LogP contribution in [0.25, 0.3) is 0 Å². The van der Waals surface area contributed by atoms with Gasteiger partial charge in [0.25, 0.3) is 0 Å². The van der Waals surface area contributed by atoms with Gasteiger partial charge in [-0.15, -0.1) is 0 Å². The molecule has 1 aliphatic carbocycles. The SMILES string of the molecule is Cc1[nH]c(CSC2CCCCC2)nc(=S)c1Br. The molecule has 0 amide bonds. The predicted molar refractivity (Wildman–Crippen MR) is 80.0 cm³/mol. The first-order chi connectivity index (χ1) is 8.16. The van der Waals surface area contributed by atoms with Gasteiger partial charge in [0.05, 0.1) is 10.2 Å². The van der Waals surface area contributed by atoms with Crippen molar-refractivity contribution in [3.63, 3.8) is 0 Å². The van der Waals surface area contributed by atoms with E-state index in [9.17, 15) is 0 Å². The monoisotopic (exact) mass is 332 g/mol. The molecule has 94 valence electrons. The summed E-state index contributed by atoms with van der Waals surface area (Å²) < 4.78 is 1.58. The Kier molecular flexibility index (Phi) is 5.06. The van der Waals surface area contributed by atoms with E-state index < -0.39 is 0 Å². The highest BCUT2D eigenvalue weighted by Gasteiger charge is 2.14. The van der Waals surface area contributed by atoms with Crippen LogP contribution in [0.15, 0.2) is 4.47 Å². The maximum Gasteiger partial charge on any atom is 0.144 e. The zero-order valence-electron chi connectivity index (χ0n) is 9.96. The lowest BCUT2D eigenvalue weighted by molar-refractivity contribution is 0.516. The second kappa shape index (κ2) is 6.34. The molecule has 0 saturated heterocycles. The molecule has 1 aromatic heterocycles. The molecule has 17 heavy (non-hydrogen) atoms. The number of aromatic nitrogens is 2. The van der Waals surface area contributed by atoms with Crippen molar-refractivity contribution in [1.82, 2.24) is 9.97 Å². The van der Waals surface area contributed by atoms with Crippen LogP contribution in [0.2, 0.25) is 0 Å². The lowest BCUT2D eigenvalue weighted by Crippen LogP contribution is -2.09. The molecule has 0 aromatic carbocycles. The summed E-state index contributed by atoms with van der Waals surface area (Å²) in [5, 5.41) is 0.816. The molecule has 0 atom stereocenters. The van der Waals surface area contributed by atoms with Gasteiger partial charge in [0.1, 0.15) is 10.5 Å². The predicted octanol–water partition coefficient (Wildman–Crippen LogP) is 4.78. The van der Waals surface area contributed by atoms with Crippen LogP contribution in [0.5, 0.6) is 0 Å². The summed E-state index contributed by atoms with van der Waals surface area (Å²) in [6, 6.07) is 0. The minimum atomic E-state index is 0.667. The Morgan fingerprint density at radius 1 is 1.41 bits per heavy atom. The van der Waals surface area contributed by atoms with E-state index in [2.05, 4.69) is 25.9 Å². The second-order valence-corrected chi connectivity index (χ2v) is 6.97. The molecule has 1 N–H and O–H groups in total. The zero-order chi connectivity index (χ0) is 12.3. The molecule has 1 aliphatic rings. The first kappa shape index (κ1) is 13.6. The summed E-state index contributed by atoms with van der Waals surface area (Å²) in [7, 11) is 0. The Balaban J connectivity index is 1.96. The van der Waals surface area contributed by atoms with E-state index >= 15 is 0 Å². The molecule has 2 nitrogen and oxygen atoms in total. The Morgan fingerprint density at radius 3 is 2.76 bits per heavy atom. The van der Waals surface area contributed by atoms with Gasteiger partial charge in [-0.1, -0.05) is 31.5 Å². The summed E-state index contributed by atoms with van der Waals surface area (Å²) >= 11 is 10.7. The van der Waals surface area contributed by atoms with Crippen molar-refractivity contribution < 1.29 is 0 Å². The van der Waals surface area contributed by atoms with Gasteiger partial charge in [-0.25, -0.2) is 4.98 Å². The molecule has 0 aliphatic heterocycles. The molecule has 5 heteroatoms. The minimum absolute atomic E-state index is 0.667. The number of nitrogens with zero attached hydrogens (tertiary/aromatic N) is 1. The molecule has 0 bridgehead atoms. The highest BCUT2D eigenvalue weighted by Crippen LogP contribution is 2.30. The maximum atomic E-state index is 5.21. The van der Waals surface area contributed by atoms with E-state index in [0.717, 1.165) is 27.0 Å². The molecule has 1 saturated carbocycles. The van der Waals surface area contributed by atoms with E-state index in [1.54, 1.807) is 0 Å². The molecule has 0 unspecified atom stereocenters. The Labute approximate surface area is 120 Å². The lowest BCUT2D eigenvalue weighted by Gasteiger charge is -2.20. The number of thioether (sulfide) groups is 1. The van der Waals surface area contributed by atoms with Gasteiger partial charge < -0.3 is 4.98 Å². The van der Waals surface area contributed by atoms with Crippen molar-refractivity contribution in [2.24, 2.45) is 0 Å². The van der Waals surface area contributed by atoms with Crippen LogP contribution < -0.4 is 0 Å². The minimum Gasteiger partial charge on any atom is -0.346 e. The number of rotatable bonds is 3. The van der Waals surface area contributed by atoms with Crippen molar-refractivity contribution in [1.29, 1.82) is 0 Å². The quantitative estimate of drug-likeness (QED) is 0.807. The average Bonchev–Trinajstić information content (AvgIpc) is 2.34. The molecule has 0 radical (unpaired) electrons. The fraction of sp³-hybridized carbons (Fsp3) is 0.667. The highest BCUT2D eigenvalue weighted by molar-refractivity contribution is 9.10. The summed E-state index contributed by atoms with van der Waals surface area (Å²) in [5.41, 5.74) is 1.07. The van der Waals surface area contributed by atoms with Gasteiger partial charge in [-0.05, 0) is 35.7 Å². The molecular weight excluding hydrogens is 316 g/mol. The zero-order valence-corrected chi connectivity index (χ0v) is 13.2. The molecule has 1 aromatic rings. The fourth-order valence-corrected chi connectivity index (χ4v) is 3.78. The number of aryl methyl sites for hydroxylation is 1. The van der Waals surface area contributed by atoms with Crippen LogP contribution in [0.4, 0.5) is 0 Å². The van der Waals surface area contributed by atoms with Crippen molar-refractivity contribution in [2.75, 3.05) is 0 Å². The van der Waals surface area contributed by atoms with Crippen LogP contribution in [0.1, 0.15) is 43.6 Å². The summed E-state index contributed by atoms with van der Waals surface area (Å²) in [6.07, 6.45) is 6.91. The van der Waals surface area contributed by atoms with Crippen LogP contribution in [0.3, 0.4) is 0 Å². The first-order valence-electron chi connectivity index (χ1n) is 6.03. The number of halogens is 1. The Hall–Kier alpha value is 0.130. The highest BCUT2D eigenvalue weighted by atomic mass is 79.9. The van der Waals surface area contributed by atoms with Gasteiger partial charge in [-0.2, -0.15) is 11.8 Å². The van der Waals surface area contributed by atoms with E-state index in [1.165, 1.54) is 32.1 Å². The van der Waals surface area contributed by atoms with Gasteiger partial charge in [0.15, 0.2) is 0 Å². The summed E-state index contributed by atoms with van der Waals surface area (Å²) in [6.45, 7) is 2.02. The topological polar surface area (TPSA) is 28.7 Å². The standard InChI is InChI=1S/C12H17BrN2S2/c1-8-11(13)12(16)15-10(14-8)7-17-9-5-3-2-4-6-9/h9H,2-7H2,1H3,(H,14,15,16). The lowest BCUT2D eigenvalue weighted by atomic mass is 10.0. The third-order valence-electron chi connectivity index (χ3n) is 3.09. The largest absolute Gasteiger partial charge is 0.346 e. The van der Waals surface area contributed by atoms with E-state index in [0.29, 0.717) is 4.64 Å². The molecular formula is C12H17BrN2S2. The van der Waals surface area contributed by atoms with Gasteiger partial charge in [0.2, 0.25) is 0 Å². The van der Waals surface area contributed by atoms with Crippen molar-refractivity contribution in [3.8, 4) is 0 Å². The van der Waals surface area contributed by atoms with Crippen LogP contribution >= 0.6 is 39.9 Å². The number of aromatic amines is 1. The fourth-order valence-electron chi connectivity index (χ4n) is 2.13. The maximum absolute atomic E-state index is 5.21. The third kappa shape index (κ3) is 3.80. The van der Waals surface area contributed by atoms with Crippen LogP contribution in [-0.2, 0) is 5.75 Å².